The van der Waals surface area contributed by atoms with E-state index in [1.54, 1.807) is 24.3 Å². The van der Waals surface area contributed by atoms with E-state index in [9.17, 15) is 9.59 Å². The van der Waals surface area contributed by atoms with Gasteiger partial charge in [0.2, 0.25) is 0 Å². The largest absolute Gasteiger partial charge is 0.453 e. The Kier molecular flexibility index (Phi) is 4.27. The van der Waals surface area contributed by atoms with Gasteiger partial charge in [0.15, 0.2) is 5.82 Å². The standard InChI is InChI=1S/C19H15N3O3S/c20-8-9-22-17(21-14-6-2-1-5-13(14)18(22)23)11-25-19(24)16-10-12-4-3-7-15(12)26-16/h1-2,5-6,10H,3-4,7,9,11H2. The number of nitriles is 1. The van der Waals surface area contributed by atoms with Gasteiger partial charge in [0.05, 0.1) is 17.0 Å². The number of carbonyl (C=O) groups excluding carboxylic acids is 1. The smallest absolute Gasteiger partial charge is 0.348 e. The molecule has 0 saturated heterocycles. The van der Waals surface area contributed by atoms with Gasteiger partial charge < -0.3 is 4.74 Å². The van der Waals surface area contributed by atoms with Crippen LogP contribution in [0.1, 0.15) is 32.4 Å². The van der Waals surface area contributed by atoms with Crippen LogP contribution in [0.15, 0.2) is 35.1 Å². The molecular formula is C19H15N3O3S. The number of carbonyl (C=O) groups is 1. The quantitative estimate of drug-likeness (QED) is 0.664. The van der Waals surface area contributed by atoms with Crippen molar-refractivity contribution in [2.45, 2.75) is 32.4 Å². The molecule has 1 aromatic carbocycles. The number of aryl methyl sites for hydroxylation is 2. The molecule has 0 saturated carbocycles. The Morgan fingerprint density at radius 1 is 1.35 bits per heavy atom. The van der Waals surface area contributed by atoms with E-state index in [2.05, 4.69) is 4.98 Å². The lowest BCUT2D eigenvalue weighted by Gasteiger charge is -2.11. The number of esters is 1. The van der Waals surface area contributed by atoms with Crippen molar-refractivity contribution in [3.05, 3.63) is 61.8 Å². The highest BCUT2D eigenvalue weighted by Gasteiger charge is 2.20. The number of hydrogen-bond acceptors (Lipinski definition) is 6. The summed E-state index contributed by atoms with van der Waals surface area (Å²) in [7, 11) is 0. The molecule has 0 unspecified atom stereocenters. The fourth-order valence-corrected chi connectivity index (χ4v) is 4.34. The van der Waals surface area contributed by atoms with Crippen LogP contribution in [0.2, 0.25) is 0 Å². The van der Waals surface area contributed by atoms with Gasteiger partial charge in [0, 0.05) is 4.88 Å². The van der Waals surface area contributed by atoms with Gasteiger partial charge in [-0.1, -0.05) is 12.1 Å². The molecule has 0 amide bonds. The molecule has 130 valence electrons. The summed E-state index contributed by atoms with van der Waals surface area (Å²) in [5, 5.41) is 9.46. The highest BCUT2D eigenvalue weighted by molar-refractivity contribution is 7.14. The van der Waals surface area contributed by atoms with Crippen molar-refractivity contribution >= 4 is 28.2 Å². The van der Waals surface area contributed by atoms with E-state index in [0.29, 0.717) is 15.8 Å². The van der Waals surface area contributed by atoms with Gasteiger partial charge in [0.1, 0.15) is 18.0 Å². The topological polar surface area (TPSA) is 85.0 Å². The summed E-state index contributed by atoms with van der Waals surface area (Å²) in [6, 6.07) is 10.8. The molecule has 0 radical (unpaired) electrons. The third kappa shape index (κ3) is 2.89. The maximum atomic E-state index is 12.6. The van der Waals surface area contributed by atoms with Crippen LogP contribution in [0.3, 0.4) is 0 Å². The van der Waals surface area contributed by atoms with Crippen molar-refractivity contribution in [1.29, 1.82) is 5.26 Å². The average Bonchev–Trinajstić information content (AvgIpc) is 3.24. The normalized spacial score (nSPS) is 12.7. The van der Waals surface area contributed by atoms with Crippen LogP contribution in [0, 0.1) is 11.3 Å². The summed E-state index contributed by atoms with van der Waals surface area (Å²) in [5.41, 5.74) is 1.44. The molecule has 0 aliphatic heterocycles. The van der Waals surface area contributed by atoms with Crippen LogP contribution in [0.4, 0.5) is 0 Å². The molecule has 0 bridgehead atoms. The fourth-order valence-electron chi connectivity index (χ4n) is 3.19. The van der Waals surface area contributed by atoms with E-state index in [1.807, 2.05) is 12.1 Å². The minimum absolute atomic E-state index is 0.142. The molecule has 0 N–H and O–H groups in total. The molecule has 1 aliphatic carbocycles. The van der Waals surface area contributed by atoms with E-state index >= 15 is 0 Å². The van der Waals surface area contributed by atoms with Gasteiger partial charge >= 0.3 is 5.97 Å². The first kappa shape index (κ1) is 16.5. The minimum atomic E-state index is -0.421. The van der Waals surface area contributed by atoms with E-state index in [4.69, 9.17) is 10.00 Å². The van der Waals surface area contributed by atoms with Crippen molar-refractivity contribution in [3.8, 4) is 6.07 Å². The summed E-state index contributed by atoms with van der Waals surface area (Å²) < 4.78 is 6.64. The fraction of sp³-hybridized carbons (Fsp3) is 0.263. The molecule has 0 fully saturated rings. The van der Waals surface area contributed by atoms with Crippen LogP contribution in [-0.2, 0) is 30.7 Å². The van der Waals surface area contributed by atoms with Crippen molar-refractivity contribution < 1.29 is 9.53 Å². The van der Waals surface area contributed by atoms with Crippen LogP contribution in [0.25, 0.3) is 10.9 Å². The number of ether oxygens (including phenoxy) is 1. The monoisotopic (exact) mass is 365 g/mol. The maximum absolute atomic E-state index is 12.6. The second kappa shape index (κ2) is 6.73. The van der Waals surface area contributed by atoms with E-state index in [-0.39, 0.29) is 24.5 Å². The highest BCUT2D eigenvalue weighted by atomic mass is 32.1. The molecule has 0 spiro atoms. The van der Waals surface area contributed by atoms with Gasteiger partial charge in [-0.05, 0) is 43.0 Å². The third-order valence-corrected chi connectivity index (χ3v) is 5.67. The summed E-state index contributed by atoms with van der Waals surface area (Å²) in [4.78, 5) is 31.2. The molecule has 7 heteroatoms. The Morgan fingerprint density at radius 3 is 3.00 bits per heavy atom. The second-order valence-electron chi connectivity index (χ2n) is 6.08. The number of aromatic nitrogens is 2. The Labute approximate surface area is 153 Å². The number of benzene rings is 1. The van der Waals surface area contributed by atoms with Crippen LogP contribution in [-0.4, -0.2) is 15.5 Å². The Hall–Kier alpha value is -2.98. The Balaban J connectivity index is 1.61. The van der Waals surface area contributed by atoms with Crippen LogP contribution in [0.5, 0.6) is 0 Å². The summed E-state index contributed by atoms with van der Waals surface area (Å²) in [5.74, 6) is -0.150. The predicted molar refractivity (Wildman–Crippen MR) is 97.1 cm³/mol. The number of thiophene rings is 1. The van der Waals surface area contributed by atoms with Crippen LogP contribution < -0.4 is 5.56 Å². The van der Waals surface area contributed by atoms with Gasteiger partial charge in [-0.3, -0.25) is 9.36 Å². The van der Waals surface area contributed by atoms with Gasteiger partial charge in [-0.25, -0.2) is 9.78 Å². The highest BCUT2D eigenvalue weighted by Crippen LogP contribution is 2.31. The SMILES string of the molecule is N#CCn1c(COC(=O)c2cc3c(s2)CCC3)nc2ccccc2c1=O. The number of fused-ring (bicyclic) bond motifs is 2. The summed E-state index contributed by atoms with van der Waals surface area (Å²) >= 11 is 1.47. The zero-order valence-electron chi connectivity index (χ0n) is 13.9. The molecule has 2 heterocycles. The first-order valence-electron chi connectivity index (χ1n) is 8.31. The minimum Gasteiger partial charge on any atom is -0.453 e. The zero-order valence-corrected chi connectivity index (χ0v) is 14.7. The second-order valence-corrected chi connectivity index (χ2v) is 7.22. The lowest BCUT2D eigenvalue weighted by atomic mass is 10.2. The van der Waals surface area contributed by atoms with Gasteiger partial charge in [-0.15, -0.1) is 11.3 Å². The van der Waals surface area contributed by atoms with Crippen molar-refractivity contribution in [2.75, 3.05) is 0 Å². The zero-order chi connectivity index (χ0) is 18.1. The first-order chi connectivity index (χ1) is 12.7. The molecule has 26 heavy (non-hydrogen) atoms. The van der Waals surface area contributed by atoms with Crippen molar-refractivity contribution in [2.24, 2.45) is 0 Å². The summed E-state index contributed by atoms with van der Waals surface area (Å²) in [6.45, 7) is -0.292. The molecule has 6 nitrogen and oxygen atoms in total. The molecule has 2 aromatic heterocycles. The molecule has 3 aromatic rings. The Morgan fingerprint density at radius 2 is 2.19 bits per heavy atom. The van der Waals surface area contributed by atoms with Gasteiger partial charge in [0.25, 0.3) is 5.56 Å². The number of nitrogens with zero attached hydrogens (tertiary/aromatic N) is 3. The molecule has 0 atom stereocenters. The predicted octanol–water partition coefficient (Wildman–Crippen LogP) is 2.83. The van der Waals surface area contributed by atoms with E-state index in [1.165, 1.54) is 26.3 Å². The molecule has 1 aliphatic rings. The summed E-state index contributed by atoms with van der Waals surface area (Å²) in [6.07, 6.45) is 3.16. The lowest BCUT2D eigenvalue weighted by Crippen LogP contribution is -2.26. The lowest BCUT2D eigenvalue weighted by molar-refractivity contribution is 0.0463. The third-order valence-electron chi connectivity index (χ3n) is 4.45. The van der Waals surface area contributed by atoms with Crippen molar-refractivity contribution in [3.63, 3.8) is 0 Å². The van der Waals surface area contributed by atoms with Crippen LogP contribution >= 0.6 is 11.3 Å². The van der Waals surface area contributed by atoms with E-state index < -0.39 is 5.97 Å². The number of hydrogen-bond donors (Lipinski definition) is 0. The average molecular weight is 365 g/mol. The molecule has 4 rings (SSSR count). The van der Waals surface area contributed by atoms with E-state index in [0.717, 1.165) is 19.3 Å². The number of rotatable bonds is 4. The first-order valence-corrected chi connectivity index (χ1v) is 9.13. The Bertz CT molecular complexity index is 1090. The number of para-hydroxylation sites is 1. The molecular weight excluding hydrogens is 350 g/mol. The van der Waals surface area contributed by atoms with Gasteiger partial charge in [-0.2, -0.15) is 5.26 Å². The maximum Gasteiger partial charge on any atom is 0.348 e. The van der Waals surface area contributed by atoms with Crippen molar-refractivity contribution in [1.82, 2.24) is 9.55 Å².